The molecule has 0 aliphatic carbocycles. The smallest absolute Gasteiger partial charge is 0.259 e. The van der Waals surface area contributed by atoms with Gasteiger partial charge in [-0.2, -0.15) is 5.10 Å². The molecule has 1 aromatic heterocycles. The molecule has 2 aromatic carbocycles. The van der Waals surface area contributed by atoms with Crippen LogP contribution in [0.3, 0.4) is 0 Å². The Hall–Kier alpha value is -2.99. The van der Waals surface area contributed by atoms with Gasteiger partial charge in [-0.05, 0) is 37.3 Å². The second-order valence-corrected chi connectivity index (χ2v) is 6.28. The Bertz CT molecular complexity index is 984. The highest BCUT2D eigenvalue weighted by Gasteiger charge is 2.17. The van der Waals surface area contributed by atoms with E-state index in [1.54, 1.807) is 41.2 Å². The summed E-state index contributed by atoms with van der Waals surface area (Å²) in [6, 6.07) is 12.6. The maximum Gasteiger partial charge on any atom is 0.259 e. The monoisotopic (exact) mass is 369 g/mol. The van der Waals surface area contributed by atoms with Gasteiger partial charge in [-0.25, -0.2) is 4.68 Å². The lowest BCUT2D eigenvalue weighted by Crippen LogP contribution is -2.16. The van der Waals surface area contributed by atoms with E-state index < -0.39 is 0 Å². The first-order chi connectivity index (χ1) is 12.6. The highest BCUT2D eigenvalue weighted by atomic mass is 35.5. The van der Waals surface area contributed by atoms with Gasteiger partial charge in [0.25, 0.3) is 5.91 Å². The van der Waals surface area contributed by atoms with Gasteiger partial charge in [0.15, 0.2) is 11.5 Å². The van der Waals surface area contributed by atoms with Gasteiger partial charge in [0.05, 0.1) is 23.1 Å². The van der Waals surface area contributed by atoms with E-state index in [4.69, 9.17) is 21.1 Å². The van der Waals surface area contributed by atoms with Crippen molar-refractivity contribution >= 4 is 23.2 Å². The Morgan fingerprint density at radius 3 is 2.77 bits per heavy atom. The molecule has 6 nitrogen and oxygen atoms in total. The number of carbonyl (C=O) groups excluding carboxylic acids is 1. The maximum atomic E-state index is 12.7. The zero-order valence-corrected chi connectivity index (χ0v) is 14.8. The van der Waals surface area contributed by atoms with Crippen LogP contribution >= 0.6 is 11.6 Å². The van der Waals surface area contributed by atoms with Gasteiger partial charge in [-0.1, -0.05) is 17.7 Å². The molecule has 0 fully saturated rings. The van der Waals surface area contributed by atoms with Gasteiger partial charge < -0.3 is 14.8 Å². The Morgan fingerprint density at radius 1 is 1.15 bits per heavy atom. The standard InChI is InChI=1S/C19H16ClN3O3/c1-12-16(11-21-23(12)15-4-2-3-13(20)9-15)19(24)22-14-5-6-17-18(10-14)26-8-7-25-17/h2-6,9-11H,7-8H2,1H3,(H,22,24). The first kappa shape index (κ1) is 16.5. The largest absolute Gasteiger partial charge is 0.486 e. The second-order valence-electron chi connectivity index (χ2n) is 5.85. The van der Waals surface area contributed by atoms with Crippen LogP contribution in [0, 0.1) is 6.92 Å². The molecule has 1 aliphatic rings. The van der Waals surface area contributed by atoms with Crippen molar-refractivity contribution in [3.63, 3.8) is 0 Å². The molecular weight excluding hydrogens is 354 g/mol. The van der Waals surface area contributed by atoms with Gasteiger partial charge in [-0.15, -0.1) is 0 Å². The van der Waals surface area contributed by atoms with Gasteiger partial charge in [0.1, 0.15) is 13.2 Å². The Balaban J connectivity index is 1.57. The van der Waals surface area contributed by atoms with Crippen molar-refractivity contribution in [3.05, 3.63) is 64.9 Å². The third-order valence-electron chi connectivity index (χ3n) is 4.11. The van der Waals surface area contributed by atoms with E-state index in [9.17, 15) is 4.79 Å². The van der Waals surface area contributed by atoms with E-state index in [0.717, 1.165) is 11.4 Å². The number of halogens is 1. The molecule has 0 atom stereocenters. The number of amides is 1. The number of carbonyl (C=O) groups is 1. The number of hydrogen-bond acceptors (Lipinski definition) is 4. The van der Waals surface area contributed by atoms with E-state index in [2.05, 4.69) is 10.4 Å². The van der Waals surface area contributed by atoms with E-state index >= 15 is 0 Å². The molecular formula is C19H16ClN3O3. The number of hydrogen-bond donors (Lipinski definition) is 1. The summed E-state index contributed by atoms with van der Waals surface area (Å²) in [7, 11) is 0. The van der Waals surface area contributed by atoms with E-state index in [-0.39, 0.29) is 5.91 Å². The maximum absolute atomic E-state index is 12.7. The van der Waals surface area contributed by atoms with Crippen LogP contribution in [0.1, 0.15) is 16.1 Å². The summed E-state index contributed by atoms with van der Waals surface area (Å²) in [5.41, 5.74) is 2.64. The number of anilines is 1. The number of rotatable bonds is 3. The lowest BCUT2D eigenvalue weighted by atomic mass is 10.2. The van der Waals surface area contributed by atoms with Crippen molar-refractivity contribution < 1.29 is 14.3 Å². The van der Waals surface area contributed by atoms with Crippen molar-refractivity contribution in [1.82, 2.24) is 9.78 Å². The van der Waals surface area contributed by atoms with E-state index in [0.29, 0.717) is 41.0 Å². The van der Waals surface area contributed by atoms with Crippen molar-refractivity contribution in [2.75, 3.05) is 18.5 Å². The predicted molar refractivity (Wildman–Crippen MR) is 98.7 cm³/mol. The van der Waals surface area contributed by atoms with Crippen LogP contribution in [0.15, 0.2) is 48.7 Å². The lowest BCUT2D eigenvalue weighted by Gasteiger charge is -2.19. The SMILES string of the molecule is Cc1c(C(=O)Nc2ccc3c(c2)OCCO3)cnn1-c1cccc(Cl)c1. The summed E-state index contributed by atoms with van der Waals surface area (Å²) in [5.74, 6) is 1.06. The van der Waals surface area contributed by atoms with Crippen LogP contribution in [-0.2, 0) is 0 Å². The summed E-state index contributed by atoms with van der Waals surface area (Å²) in [4.78, 5) is 12.7. The lowest BCUT2D eigenvalue weighted by molar-refractivity contribution is 0.102. The molecule has 1 N–H and O–H groups in total. The van der Waals surface area contributed by atoms with Crippen molar-refractivity contribution in [1.29, 1.82) is 0 Å². The number of aromatic nitrogens is 2. The third kappa shape index (κ3) is 3.11. The Labute approximate surface area is 155 Å². The van der Waals surface area contributed by atoms with Crippen molar-refractivity contribution in [3.8, 4) is 17.2 Å². The Morgan fingerprint density at radius 2 is 1.96 bits per heavy atom. The van der Waals surface area contributed by atoms with Gasteiger partial charge in [0.2, 0.25) is 0 Å². The zero-order chi connectivity index (χ0) is 18.1. The molecule has 0 spiro atoms. The molecule has 3 aromatic rings. The van der Waals surface area contributed by atoms with Gasteiger partial charge >= 0.3 is 0 Å². The number of ether oxygens (including phenoxy) is 2. The molecule has 7 heteroatoms. The minimum atomic E-state index is -0.243. The van der Waals surface area contributed by atoms with Crippen LogP contribution in [0.5, 0.6) is 11.5 Å². The average Bonchev–Trinajstić information content (AvgIpc) is 3.03. The van der Waals surface area contributed by atoms with Crippen molar-refractivity contribution in [2.45, 2.75) is 6.92 Å². The fourth-order valence-electron chi connectivity index (χ4n) is 2.82. The molecule has 2 heterocycles. The molecule has 26 heavy (non-hydrogen) atoms. The molecule has 1 amide bonds. The average molecular weight is 370 g/mol. The fourth-order valence-corrected chi connectivity index (χ4v) is 3.00. The highest BCUT2D eigenvalue weighted by Crippen LogP contribution is 2.32. The topological polar surface area (TPSA) is 65.4 Å². The summed E-state index contributed by atoms with van der Waals surface area (Å²) in [6.07, 6.45) is 1.55. The predicted octanol–water partition coefficient (Wildman–Crippen LogP) is 3.86. The number of fused-ring (bicyclic) bond motifs is 1. The minimum Gasteiger partial charge on any atom is -0.486 e. The molecule has 0 unspecified atom stereocenters. The van der Waals surface area contributed by atoms with E-state index in [1.807, 2.05) is 19.1 Å². The first-order valence-corrected chi connectivity index (χ1v) is 8.51. The quantitative estimate of drug-likeness (QED) is 0.761. The molecule has 132 valence electrons. The summed E-state index contributed by atoms with van der Waals surface area (Å²) in [6.45, 7) is 2.86. The van der Waals surface area contributed by atoms with Crippen LogP contribution in [0.4, 0.5) is 5.69 Å². The van der Waals surface area contributed by atoms with Crippen molar-refractivity contribution in [2.24, 2.45) is 0 Å². The molecule has 0 bridgehead atoms. The van der Waals surface area contributed by atoms with Gasteiger partial charge in [0, 0.05) is 16.8 Å². The fraction of sp³-hybridized carbons (Fsp3) is 0.158. The highest BCUT2D eigenvalue weighted by molar-refractivity contribution is 6.30. The molecule has 1 aliphatic heterocycles. The minimum absolute atomic E-state index is 0.243. The summed E-state index contributed by atoms with van der Waals surface area (Å²) < 4.78 is 12.7. The molecule has 4 rings (SSSR count). The first-order valence-electron chi connectivity index (χ1n) is 8.13. The third-order valence-corrected chi connectivity index (χ3v) is 4.34. The summed E-state index contributed by atoms with van der Waals surface area (Å²) in [5, 5.41) is 7.79. The molecule has 0 saturated carbocycles. The zero-order valence-electron chi connectivity index (χ0n) is 14.0. The number of benzene rings is 2. The van der Waals surface area contributed by atoms with Crippen LogP contribution in [0.2, 0.25) is 5.02 Å². The second kappa shape index (κ2) is 6.72. The van der Waals surface area contributed by atoms with Crippen LogP contribution < -0.4 is 14.8 Å². The molecule has 0 radical (unpaired) electrons. The number of nitrogens with one attached hydrogen (secondary N) is 1. The van der Waals surface area contributed by atoms with Gasteiger partial charge in [-0.3, -0.25) is 4.79 Å². The van der Waals surface area contributed by atoms with E-state index in [1.165, 1.54) is 0 Å². The molecule has 0 saturated heterocycles. The Kier molecular flexibility index (Phi) is 4.26. The van der Waals surface area contributed by atoms with Crippen LogP contribution in [-0.4, -0.2) is 28.9 Å². The number of nitrogens with zero attached hydrogens (tertiary/aromatic N) is 2. The van der Waals surface area contributed by atoms with Crippen LogP contribution in [0.25, 0.3) is 5.69 Å². The normalized spacial score (nSPS) is 12.7. The summed E-state index contributed by atoms with van der Waals surface area (Å²) >= 11 is 6.04.